The van der Waals surface area contributed by atoms with Gasteiger partial charge in [0.05, 0.1) is 0 Å². The highest BCUT2D eigenvalue weighted by Crippen LogP contribution is 2.33. The number of carbonyl (C=O) groups is 1. The van der Waals surface area contributed by atoms with Crippen LogP contribution in [-0.4, -0.2) is 17.3 Å². The van der Waals surface area contributed by atoms with Crippen molar-refractivity contribution in [2.24, 2.45) is 0 Å². The van der Waals surface area contributed by atoms with Gasteiger partial charge in [0.2, 0.25) is 5.91 Å². The minimum Gasteiger partial charge on any atom is -0.309 e. The largest absolute Gasteiger partial charge is 0.309 e. The molecule has 0 N–H and O–H groups in total. The molecule has 0 fully saturated rings. The molecule has 0 bridgehead atoms. The van der Waals surface area contributed by atoms with Crippen molar-refractivity contribution < 1.29 is 4.79 Å². The standard InChI is InChI=1S/C14H18BrNO/c1-3-14(17)16-10(2)8-12-9-11(6-7-15)4-5-13(12)16/h4-5,9-10H,3,6-8H2,1-2H3. The molecule has 0 aromatic heterocycles. The molecule has 1 aliphatic heterocycles. The number of anilines is 1. The molecule has 0 aliphatic carbocycles. The van der Waals surface area contributed by atoms with Gasteiger partial charge in [-0.2, -0.15) is 0 Å². The summed E-state index contributed by atoms with van der Waals surface area (Å²) in [6.07, 6.45) is 2.60. The average molecular weight is 296 g/mol. The molecule has 0 saturated carbocycles. The quantitative estimate of drug-likeness (QED) is 0.784. The normalized spacial score (nSPS) is 18.3. The smallest absolute Gasteiger partial charge is 0.226 e. The number of aryl methyl sites for hydroxylation is 1. The fraction of sp³-hybridized carbons (Fsp3) is 0.500. The number of hydrogen-bond donors (Lipinski definition) is 0. The third kappa shape index (κ3) is 2.39. The molecule has 0 radical (unpaired) electrons. The Bertz CT molecular complexity index is 430. The van der Waals surface area contributed by atoms with Crippen LogP contribution in [0.1, 0.15) is 31.4 Å². The second-order valence-electron chi connectivity index (χ2n) is 4.57. The maximum absolute atomic E-state index is 11.9. The van der Waals surface area contributed by atoms with Gasteiger partial charge in [-0.15, -0.1) is 0 Å². The molecular weight excluding hydrogens is 278 g/mol. The summed E-state index contributed by atoms with van der Waals surface area (Å²) in [5.41, 5.74) is 3.78. The number of alkyl halides is 1. The van der Waals surface area contributed by atoms with Gasteiger partial charge in [-0.3, -0.25) is 4.79 Å². The van der Waals surface area contributed by atoms with E-state index in [1.54, 1.807) is 0 Å². The van der Waals surface area contributed by atoms with Crippen LogP contribution in [0.4, 0.5) is 5.69 Å². The van der Waals surface area contributed by atoms with Gasteiger partial charge in [0.1, 0.15) is 0 Å². The topological polar surface area (TPSA) is 20.3 Å². The highest BCUT2D eigenvalue weighted by molar-refractivity contribution is 9.09. The predicted octanol–water partition coefficient (Wildman–Crippen LogP) is 3.31. The Morgan fingerprint density at radius 3 is 2.94 bits per heavy atom. The van der Waals surface area contributed by atoms with E-state index in [1.165, 1.54) is 11.1 Å². The fourth-order valence-corrected chi connectivity index (χ4v) is 2.96. The Morgan fingerprint density at radius 1 is 1.53 bits per heavy atom. The molecule has 1 heterocycles. The van der Waals surface area contributed by atoms with Gasteiger partial charge in [-0.05, 0) is 37.0 Å². The Kier molecular flexibility index (Phi) is 3.87. The molecule has 1 atom stereocenters. The van der Waals surface area contributed by atoms with Crippen molar-refractivity contribution in [1.29, 1.82) is 0 Å². The molecule has 2 rings (SSSR count). The molecule has 2 nitrogen and oxygen atoms in total. The summed E-state index contributed by atoms with van der Waals surface area (Å²) in [5.74, 6) is 0.226. The van der Waals surface area contributed by atoms with Crippen LogP contribution < -0.4 is 4.90 Å². The highest BCUT2D eigenvalue weighted by Gasteiger charge is 2.29. The second kappa shape index (κ2) is 5.21. The van der Waals surface area contributed by atoms with Crippen LogP contribution >= 0.6 is 15.9 Å². The Morgan fingerprint density at radius 2 is 2.29 bits per heavy atom. The SMILES string of the molecule is CCC(=O)N1c2ccc(CCBr)cc2CC1C. The summed E-state index contributed by atoms with van der Waals surface area (Å²) in [4.78, 5) is 13.9. The van der Waals surface area contributed by atoms with Crippen LogP contribution in [-0.2, 0) is 17.6 Å². The first kappa shape index (κ1) is 12.6. The minimum atomic E-state index is 0.226. The maximum Gasteiger partial charge on any atom is 0.226 e. The molecule has 17 heavy (non-hydrogen) atoms. The molecule has 3 heteroatoms. The van der Waals surface area contributed by atoms with Gasteiger partial charge in [0.15, 0.2) is 0 Å². The summed E-state index contributed by atoms with van der Waals surface area (Å²) in [5, 5.41) is 0.985. The lowest BCUT2D eigenvalue weighted by molar-refractivity contribution is -0.118. The minimum absolute atomic E-state index is 0.226. The van der Waals surface area contributed by atoms with Crippen molar-refractivity contribution >= 4 is 27.5 Å². The average Bonchev–Trinajstić information content (AvgIpc) is 2.64. The van der Waals surface area contributed by atoms with Crippen molar-refractivity contribution in [2.75, 3.05) is 10.2 Å². The Hall–Kier alpha value is -0.830. The summed E-state index contributed by atoms with van der Waals surface area (Å²) in [7, 11) is 0. The van der Waals surface area contributed by atoms with Gasteiger partial charge >= 0.3 is 0 Å². The summed E-state index contributed by atoms with van der Waals surface area (Å²) in [6.45, 7) is 4.05. The van der Waals surface area contributed by atoms with Crippen LogP contribution in [0.25, 0.3) is 0 Å². The third-order valence-corrected chi connectivity index (χ3v) is 3.71. The van der Waals surface area contributed by atoms with Crippen LogP contribution in [0.5, 0.6) is 0 Å². The van der Waals surface area contributed by atoms with Crippen molar-refractivity contribution in [2.45, 2.75) is 39.2 Å². The van der Waals surface area contributed by atoms with E-state index in [2.05, 4.69) is 41.1 Å². The lowest BCUT2D eigenvalue weighted by Crippen LogP contribution is -2.35. The number of fused-ring (bicyclic) bond motifs is 1. The van der Waals surface area contributed by atoms with E-state index in [9.17, 15) is 4.79 Å². The number of hydrogen-bond acceptors (Lipinski definition) is 1. The number of amides is 1. The van der Waals surface area contributed by atoms with Gasteiger partial charge < -0.3 is 4.90 Å². The van der Waals surface area contributed by atoms with E-state index in [0.29, 0.717) is 12.5 Å². The van der Waals surface area contributed by atoms with Crippen LogP contribution in [0.15, 0.2) is 18.2 Å². The van der Waals surface area contributed by atoms with Crippen molar-refractivity contribution in [1.82, 2.24) is 0 Å². The highest BCUT2D eigenvalue weighted by atomic mass is 79.9. The summed E-state index contributed by atoms with van der Waals surface area (Å²) in [6, 6.07) is 6.78. The van der Waals surface area contributed by atoms with Crippen LogP contribution in [0.3, 0.4) is 0 Å². The monoisotopic (exact) mass is 295 g/mol. The van der Waals surface area contributed by atoms with Gasteiger partial charge in [0, 0.05) is 23.5 Å². The molecule has 1 amide bonds. The lowest BCUT2D eigenvalue weighted by Gasteiger charge is -2.22. The van der Waals surface area contributed by atoms with Gasteiger partial charge in [-0.25, -0.2) is 0 Å². The number of benzene rings is 1. The first-order valence-electron chi connectivity index (χ1n) is 6.17. The Balaban J connectivity index is 2.32. The van der Waals surface area contributed by atoms with E-state index in [4.69, 9.17) is 0 Å². The molecule has 1 aliphatic rings. The molecule has 0 spiro atoms. The molecule has 1 aromatic rings. The maximum atomic E-state index is 11.9. The number of carbonyl (C=O) groups excluding carboxylic acids is 1. The molecule has 0 saturated heterocycles. The van der Waals surface area contributed by atoms with E-state index < -0.39 is 0 Å². The Labute approximate surface area is 111 Å². The van der Waals surface area contributed by atoms with E-state index >= 15 is 0 Å². The lowest BCUT2D eigenvalue weighted by atomic mass is 10.1. The number of nitrogens with zero attached hydrogens (tertiary/aromatic N) is 1. The molecule has 1 aromatic carbocycles. The second-order valence-corrected chi connectivity index (χ2v) is 5.37. The van der Waals surface area contributed by atoms with E-state index in [0.717, 1.165) is 23.9 Å². The summed E-state index contributed by atoms with van der Waals surface area (Å²) < 4.78 is 0. The van der Waals surface area contributed by atoms with Crippen LogP contribution in [0.2, 0.25) is 0 Å². The fourth-order valence-electron chi connectivity index (χ4n) is 2.50. The predicted molar refractivity (Wildman–Crippen MR) is 74.9 cm³/mol. The summed E-state index contributed by atoms with van der Waals surface area (Å²) >= 11 is 3.46. The number of rotatable bonds is 3. The van der Waals surface area contributed by atoms with Crippen molar-refractivity contribution in [3.63, 3.8) is 0 Å². The van der Waals surface area contributed by atoms with E-state index in [-0.39, 0.29) is 5.91 Å². The molecule has 92 valence electrons. The first-order chi connectivity index (χ1) is 8.17. The van der Waals surface area contributed by atoms with Crippen LogP contribution in [0, 0.1) is 0 Å². The molecule has 1 unspecified atom stereocenters. The van der Waals surface area contributed by atoms with Crippen molar-refractivity contribution in [3.05, 3.63) is 29.3 Å². The van der Waals surface area contributed by atoms with Crippen molar-refractivity contribution in [3.8, 4) is 0 Å². The van der Waals surface area contributed by atoms with E-state index in [1.807, 2.05) is 11.8 Å². The van der Waals surface area contributed by atoms with Gasteiger partial charge in [0.25, 0.3) is 0 Å². The third-order valence-electron chi connectivity index (χ3n) is 3.31. The number of halogens is 1. The zero-order chi connectivity index (χ0) is 12.4. The zero-order valence-electron chi connectivity index (χ0n) is 10.4. The molecular formula is C14H18BrNO. The first-order valence-corrected chi connectivity index (χ1v) is 7.29. The zero-order valence-corrected chi connectivity index (χ0v) is 12.0. The van der Waals surface area contributed by atoms with Gasteiger partial charge in [-0.1, -0.05) is 35.0 Å².